The Morgan fingerprint density at radius 1 is 1.52 bits per heavy atom. The van der Waals surface area contributed by atoms with E-state index in [0.717, 1.165) is 26.1 Å². The minimum atomic E-state index is -0.782. The summed E-state index contributed by atoms with van der Waals surface area (Å²) in [6.07, 6.45) is 1.08. The molecule has 2 rings (SSSR count). The smallest absolute Gasteiger partial charge is 0.235 e. The molecule has 4 atom stereocenters. The number of nitrogens with zero attached hydrogens (tertiary/aromatic N) is 2. The summed E-state index contributed by atoms with van der Waals surface area (Å²) < 4.78 is 0. The van der Waals surface area contributed by atoms with E-state index in [9.17, 15) is 10.1 Å². The molecule has 0 bridgehead atoms. The van der Waals surface area contributed by atoms with Gasteiger partial charge >= 0.3 is 0 Å². The summed E-state index contributed by atoms with van der Waals surface area (Å²) in [4.78, 5) is 14.6. The van der Waals surface area contributed by atoms with Gasteiger partial charge in [-0.15, -0.1) is 0 Å². The summed E-state index contributed by atoms with van der Waals surface area (Å²) in [7, 11) is 0. The van der Waals surface area contributed by atoms with Crippen molar-refractivity contribution >= 4 is 5.91 Å². The number of amides is 1. The standard InChI is InChI=1S/C16H28N4O/c1-5-14-13-7-18-6-12(13)8-20(14)9-15(21)19-16(4,10-17)11(2)3/h11-14,18H,5-9H2,1-4H3,(H,19,21). The Morgan fingerprint density at radius 2 is 2.24 bits per heavy atom. The van der Waals surface area contributed by atoms with Crippen molar-refractivity contribution in [2.24, 2.45) is 17.8 Å². The zero-order valence-electron chi connectivity index (χ0n) is 13.6. The lowest BCUT2D eigenvalue weighted by atomic mass is 9.90. The number of nitrogens with one attached hydrogen (secondary N) is 2. The fourth-order valence-corrected chi connectivity index (χ4v) is 3.67. The number of carbonyl (C=O) groups excluding carboxylic acids is 1. The molecule has 0 aromatic carbocycles. The monoisotopic (exact) mass is 292 g/mol. The van der Waals surface area contributed by atoms with E-state index in [0.29, 0.717) is 24.4 Å². The van der Waals surface area contributed by atoms with Crippen molar-refractivity contribution < 1.29 is 4.79 Å². The van der Waals surface area contributed by atoms with Gasteiger partial charge in [0.15, 0.2) is 0 Å². The summed E-state index contributed by atoms with van der Waals surface area (Å²) in [5.41, 5.74) is -0.782. The SMILES string of the molecule is CCC1C2CNCC2CN1CC(=O)NC(C)(C#N)C(C)C. The highest BCUT2D eigenvalue weighted by molar-refractivity contribution is 5.79. The molecular weight excluding hydrogens is 264 g/mol. The topological polar surface area (TPSA) is 68.2 Å². The number of likely N-dealkylation sites (tertiary alicyclic amines) is 1. The van der Waals surface area contributed by atoms with Crippen LogP contribution in [-0.2, 0) is 4.79 Å². The highest BCUT2D eigenvalue weighted by atomic mass is 16.2. The van der Waals surface area contributed by atoms with Crippen molar-refractivity contribution in [3.63, 3.8) is 0 Å². The summed E-state index contributed by atoms with van der Waals surface area (Å²) in [5, 5.41) is 15.7. The third kappa shape index (κ3) is 3.22. The molecule has 2 heterocycles. The molecule has 2 N–H and O–H groups in total. The van der Waals surface area contributed by atoms with Crippen LogP contribution in [-0.4, -0.2) is 48.6 Å². The molecule has 0 spiro atoms. The highest BCUT2D eigenvalue weighted by Gasteiger charge is 2.43. The van der Waals surface area contributed by atoms with Gasteiger partial charge in [0.1, 0.15) is 5.54 Å². The second-order valence-corrected chi connectivity index (χ2v) is 7.00. The first kappa shape index (κ1) is 16.3. The van der Waals surface area contributed by atoms with Gasteiger partial charge in [0, 0.05) is 12.6 Å². The van der Waals surface area contributed by atoms with Gasteiger partial charge in [-0.25, -0.2) is 0 Å². The third-order valence-electron chi connectivity index (χ3n) is 5.38. The molecule has 2 fully saturated rings. The lowest BCUT2D eigenvalue weighted by Crippen LogP contribution is -2.52. The van der Waals surface area contributed by atoms with Crippen LogP contribution in [0.25, 0.3) is 0 Å². The van der Waals surface area contributed by atoms with Crippen molar-refractivity contribution in [3.05, 3.63) is 0 Å². The molecule has 0 radical (unpaired) electrons. The maximum atomic E-state index is 12.3. The van der Waals surface area contributed by atoms with Crippen molar-refractivity contribution in [1.29, 1.82) is 5.26 Å². The maximum Gasteiger partial charge on any atom is 0.235 e. The van der Waals surface area contributed by atoms with Crippen LogP contribution in [0.4, 0.5) is 0 Å². The van der Waals surface area contributed by atoms with Gasteiger partial charge < -0.3 is 10.6 Å². The third-order valence-corrected chi connectivity index (χ3v) is 5.38. The molecule has 2 aliphatic rings. The first-order chi connectivity index (χ1) is 9.91. The van der Waals surface area contributed by atoms with Crippen LogP contribution in [0.15, 0.2) is 0 Å². The highest BCUT2D eigenvalue weighted by Crippen LogP contribution is 2.33. The van der Waals surface area contributed by atoms with Crippen molar-refractivity contribution in [2.45, 2.75) is 45.7 Å². The average Bonchev–Trinajstić information content (AvgIpc) is 2.98. The molecule has 5 heteroatoms. The molecular formula is C16H28N4O. The minimum absolute atomic E-state index is 0.0286. The van der Waals surface area contributed by atoms with E-state index in [1.807, 2.05) is 13.8 Å². The van der Waals surface area contributed by atoms with Gasteiger partial charge in [0.25, 0.3) is 0 Å². The zero-order valence-corrected chi connectivity index (χ0v) is 13.6. The van der Waals surface area contributed by atoms with Crippen LogP contribution in [0.2, 0.25) is 0 Å². The Morgan fingerprint density at radius 3 is 2.81 bits per heavy atom. The molecule has 0 aliphatic carbocycles. The Labute approximate surface area is 128 Å². The quantitative estimate of drug-likeness (QED) is 0.792. The van der Waals surface area contributed by atoms with Crippen LogP contribution in [0.1, 0.15) is 34.1 Å². The molecule has 5 nitrogen and oxygen atoms in total. The molecule has 2 aliphatic heterocycles. The number of hydrogen-bond acceptors (Lipinski definition) is 4. The van der Waals surface area contributed by atoms with E-state index in [1.54, 1.807) is 6.92 Å². The zero-order chi connectivity index (χ0) is 15.6. The molecule has 0 saturated carbocycles. The van der Waals surface area contributed by atoms with E-state index in [4.69, 9.17) is 0 Å². The Kier molecular flexibility index (Phi) is 4.90. The fraction of sp³-hybridized carbons (Fsp3) is 0.875. The summed E-state index contributed by atoms with van der Waals surface area (Å²) >= 11 is 0. The maximum absolute atomic E-state index is 12.3. The number of fused-ring (bicyclic) bond motifs is 1. The summed E-state index contributed by atoms with van der Waals surface area (Å²) in [5.74, 6) is 1.42. The van der Waals surface area contributed by atoms with E-state index < -0.39 is 5.54 Å². The van der Waals surface area contributed by atoms with E-state index in [2.05, 4.69) is 28.5 Å². The van der Waals surface area contributed by atoms with Crippen molar-refractivity contribution in [2.75, 3.05) is 26.2 Å². The Balaban J connectivity index is 1.95. The number of carbonyl (C=O) groups is 1. The van der Waals surface area contributed by atoms with Crippen LogP contribution in [0, 0.1) is 29.1 Å². The van der Waals surface area contributed by atoms with Gasteiger partial charge in [0.2, 0.25) is 5.91 Å². The number of rotatable bonds is 5. The van der Waals surface area contributed by atoms with Crippen LogP contribution in [0.3, 0.4) is 0 Å². The number of nitriles is 1. The van der Waals surface area contributed by atoms with E-state index in [-0.39, 0.29) is 11.8 Å². The molecule has 118 valence electrons. The Bertz CT molecular complexity index is 430. The van der Waals surface area contributed by atoms with Crippen molar-refractivity contribution in [1.82, 2.24) is 15.5 Å². The van der Waals surface area contributed by atoms with Gasteiger partial charge in [-0.1, -0.05) is 20.8 Å². The van der Waals surface area contributed by atoms with Crippen LogP contribution < -0.4 is 10.6 Å². The van der Waals surface area contributed by atoms with E-state index >= 15 is 0 Å². The molecule has 0 aromatic heterocycles. The molecule has 21 heavy (non-hydrogen) atoms. The first-order valence-corrected chi connectivity index (χ1v) is 8.08. The minimum Gasteiger partial charge on any atom is -0.337 e. The van der Waals surface area contributed by atoms with Gasteiger partial charge in [-0.05, 0) is 44.2 Å². The lowest BCUT2D eigenvalue weighted by Gasteiger charge is -2.30. The normalized spacial score (nSPS) is 31.7. The second kappa shape index (κ2) is 6.33. The van der Waals surface area contributed by atoms with E-state index in [1.165, 1.54) is 0 Å². The Hall–Kier alpha value is -1.12. The first-order valence-electron chi connectivity index (χ1n) is 8.08. The molecule has 0 aromatic rings. The summed E-state index contributed by atoms with van der Waals surface area (Å²) in [6, 6.07) is 2.73. The van der Waals surface area contributed by atoms with Crippen LogP contribution in [0.5, 0.6) is 0 Å². The number of hydrogen-bond donors (Lipinski definition) is 2. The van der Waals surface area contributed by atoms with Crippen molar-refractivity contribution in [3.8, 4) is 6.07 Å². The summed E-state index contributed by atoms with van der Waals surface area (Å²) in [6.45, 7) is 11.5. The van der Waals surface area contributed by atoms with Gasteiger partial charge in [0.05, 0.1) is 12.6 Å². The fourth-order valence-electron chi connectivity index (χ4n) is 3.67. The molecule has 1 amide bonds. The largest absolute Gasteiger partial charge is 0.337 e. The van der Waals surface area contributed by atoms with Gasteiger partial charge in [-0.3, -0.25) is 9.69 Å². The predicted molar refractivity (Wildman–Crippen MR) is 82.5 cm³/mol. The lowest BCUT2D eigenvalue weighted by molar-refractivity contribution is -0.124. The predicted octanol–water partition coefficient (Wildman–Crippen LogP) is 0.971. The van der Waals surface area contributed by atoms with Crippen LogP contribution >= 0.6 is 0 Å². The molecule has 2 saturated heterocycles. The molecule has 4 unspecified atom stereocenters. The van der Waals surface area contributed by atoms with Gasteiger partial charge in [-0.2, -0.15) is 5.26 Å². The average molecular weight is 292 g/mol. The second-order valence-electron chi connectivity index (χ2n) is 7.00.